The molecule has 0 unspecified atom stereocenters. The Kier molecular flexibility index (Phi) is 5.83. The molecule has 4 nitrogen and oxygen atoms in total. The van der Waals surface area contributed by atoms with Gasteiger partial charge in [-0.15, -0.1) is 0 Å². The number of hydrogen-bond donors (Lipinski definition) is 0. The van der Waals surface area contributed by atoms with Crippen LogP contribution < -0.4 is 4.90 Å². The molecule has 5 heteroatoms. The number of carbonyl (C=O) groups excluding carboxylic acids is 2. The van der Waals surface area contributed by atoms with Gasteiger partial charge in [0, 0.05) is 43.7 Å². The topological polar surface area (TPSA) is 40.6 Å². The fraction of sp³-hybridized carbons (Fsp3) is 0.529. The summed E-state index contributed by atoms with van der Waals surface area (Å²) in [5, 5.41) is 0.631. The molecule has 1 aliphatic rings. The summed E-state index contributed by atoms with van der Waals surface area (Å²) in [6, 6.07) is 5.50. The van der Waals surface area contributed by atoms with Crippen LogP contribution in [-0.4, -0.2) is 36.3 Å². The van der Waals surface area contributed by atoms with Crippen molar-refractivity contribution in [2.24, 2.45) is 0 Å². The highest BCUT2D eigenvalue weighted by atomic mass is 35.5. The molecule has 0 N–H and O–H groups in total. The van der Waals surface area contributed by atoms with Gasteiger partial charge >= 0.3 is 0 Å². The summed E-state index contributed by atoms with van der Waals surface area (Å²) in [4.78, 5) is 27.8. The van der Waals surface area contributed by atoms with E-state index in [1.807, 2.05) is 24.0 Å². The molecule has 1 aliphatic heterocycles. The van der Waals surface area contributed by atoms with E-state index in [9.17, 15) is 9.59 Å². The first-order chi connectivity index (χ1) is 10.5. The monoisotopic (exact) mass is 322 g/mol. The minimum Gasteiger partial charge on any atom is -0.343 e. The van der Waals surface area contributed by atoms with Crippen LogP contribution in [0.1, 0.15) is 38.2 Å². The van der Waals surface area contributed by atoms with E-state index in [2.05, 4.69) is 0 Å². The van der Waals surface area contributed by atoms with Crippen LogP contribution in [0.3, 0.4) is 0 Å². The molecule has 1 fully saturated rings. The number of hydrogen-bond acceptors (Lipinski definition) is 2. The lowest BCUT2D eigenvalue weighted by molar-refractivity contribution is -0.131. The second-order valence-electron chi connectivity index (χ2n) is 5.75. The molecule has 0 atom stereocenters. The van der Waals surface area contributed by atoms with Crippen LogP contribution >= 0.6 is 11.6 Å². The summed E-state index contributed by atoms with van der Waals surface area (Å²) in [7, 11) is 0. The molecule has 1 aromatic rings. The van der Waals surface area contributed by atoms with Gasteiger partial charge in [0.25, 0.3) is 0 Å². The highest BCUT2D eigenvalue weighted by molar-refractivity contribution is 6.31. The van der Waals surface area contributed by atoms with Crippen molar-refractivity contribution >= 4 is 29.1 Å². The van der Waals surface area contributed by atoms with Gasteiger partial charge in [-0.3, -0.25) is 9.59 Å². The fourth-order valence-corrected chi connectivity index (χ4v) is 3.01. The molecular formula is C17H23ClN2O2. The molecule has 1 aromatic carbocycles. The highest BCUT2D eigenvalue weighted by Gasteiger charge is 2.20. The molecule has 1 heterocycles. The number of rotatable bonds is 4. The number of anilines is 1. The second kappa shape index (κ2) is 7.63. The standard InChI is InChI=1S/C17H23ClN2O2/c1-13-15(18)7-6-8-16(13)20(14(2)21)12-9-17(22)19-10-4-3-5-11-19/h6-8H,3-5,9-12H2,1-2H3. The Morgan fingerprint density at radius 3 is 2.55 bits per heavy atom. The third-order valence-electron chi connectivity index (χ3n) is 4.17. The van der Waals surface area contributed by atoms with E-state index >= 15 is 0 Å². The normalized spacial score (nSPS) is 14.8. The smallest absolute Gasteiger partial charge is 0.224 e. The van der Waals surface area contributed by atoms with E-state index in [0.717, 1.165) is 37.2 Å². The third-order valence-corrected chi connectivity index (χ3v) is 4.58. The minimum absolute atomic E-state index is 0.0724. The number of likely N-dealkylation sites (tertiary alicyclic amines) is 1. The highest BCUT2D eigenvalue weighted by Crippen LogP contribution is 2.27. The van der Waals surface area contributed by atoms with E-state index in [0.29, 0.717) is 18.0 Å². The maximum absolute atomic E-state index is 12.3. The predicted molar refractivity (Wildman–Crippen MR) is 89.3 cm³/mol. The molecule has 120 valence electrons. The number of carbonyl (C=O) groups is 2. The zero-order valence-corrected chi connectivity index (χ0v) is 14.0. The van der Waals surface area contributed by atoms with Crippen molar-refractivity contribution in [2.75, 3.05) is 24.5 Å². The van der Waals surface area contributed by atoms with E-state index < -0.39 is 0 Å². The third kappa shape index (κ3) is 4.01. The number of halogens is 1. The lowest BCUT2D eigenvalue weighted by atomic mass is 10.1. The van der Waals surface area contributed by atoms with Gasteiger partial charge in [0.2, 0.25) is 11.8 Å². The second-order valence-corrected chi connectivity index (χ2v) is 6.15. The zero-order chi connectivity index (χ0) is 16.1. The molecule has 2 rings (SSSR count). The summed E-state index contributed by atoms with van der Waals surface area (Å²) in [5.41, 5.74) is 1.65. The average Bonchev–Trinajstić information content (AvgIpc) is 2.51. The Morgan fingerprint density at radius 2 is 1.91 bits per heavy atom. The molecule has 22 heavy (non-hydrogen) atoms. The summed E-state index contributed by atoms with van der Waals surface area (Å²) in [6.45, 7) is 5.49. The summed E-state index contributed by atoms with van der Waals surface area (Å²) in [5.74, 6) is 0.0578. The lowest BCUT2D eigenvalue weighted by Crippen LogP contribution is -2.39. The van der Waals surface area contributed by atoms with Crippen molar-refractivity contribution in [3.05, 3.63) is 28.8 Å². The maximum atomic E-state index is 12.3. The van der Waals surface area contributed by atoms with E-state index in [1.54, 1.807) is 11.0 Å². The lowest BCUT2D eigenvalue weighted by Gasteiger charge is -2.28. The van der Waals surface area contributed by atoms with Crippen LogP contribution in [0.5, 0.6) is 0 Å². The summed E-state index contributed by atoms with van der Waals surface area (Å²) >= 11 is 6.13. The molecule has 0 bridgehead atoms. The molecule has 0 aliphatic carbocycles. The molecular weight excluding hydrogens is 300 g/mol. The quantitative estimate of drug-likeness (QED) is 0.852. The SMILES string of the molecule is CC(=O)N(CCC(=O)N1CCCCC1)c1cccc(Cl)c1C. The van der Waals surface area contributed by atoms with Gasteiger partial charge < -0.3 is 9.80 Å². The van der Waals surface area contributed by atoms with Crippen molar-refractivity contribution in [3.63, 3.8) is 0 Å². The van der Waals surface area contributed by atoms with Gasteiger partial charge in [0.05, 0.1) is 0 Å². The van der Waals surface area contributed by atoms with Gasteiger partial charge in [0.15, 0.2) is 0 Å². The fourth-order valence-electron chi connectivity index (χ4n) is 2.84. The van der Waals surface area contributed by atoms with Crippen molar-refractivity contribution in [2.45, 2.75) is 39.5 Å². The minimum atomic E-state index is -0.0724. The Hall–Kier alpha value is -1.55. The predicted octanol–water partition coefficient (Wildman–Crippen LogP) is 3.40. The van der Waals surface area contributed by atoms with Crippen molar-refractivity contribution in [3.8, 4) is 0 Å². The van der Waals surface area contributed by atoms with E-state index in [1.165, 1.54) is 13.3 Å². The Labute approximate surface area is 137 Å². The zero-order valence-electron chi connectivity index (χ0n) is 13.3. The molecule has 0 saturated carbocycles. The molecule has 0 radical (unpaired) electrons. The van der Waals surface area contributed by atoms with E-state index in [4.69, 9.17) is 11.6 Å². The summed E-state index contributed by atoms with van der Waals surface area (Å²) in [6.07, 6.45) is 3.71. The Morgan fingerprint density at radius 1 is 1.23 bits per heavy atom. The average molecular weight is 323 g/mol. The van der Waals surface area contributed by atoms with Crippen molar-refractivity contribution in [1.29, 1.82) is 0 Å². The first-order valence-electron chi connectivity index (χ1n) is 7.81. The summed E-state index contributed by atoms with van der Waals surface area (Å²) < 4.78 is 0. The number of nitrogens with zero attached hydrogens (tertiary/aromatic N) is 2. The first-order valence-corrected chi connectivity index (χ1v) is 8.19. The molecule has 1 saturated heterocycles. The van der Waals surface area contributed by atoms with Crippen molar-refractivity contribution < 1.29 is 9.59 Å². The van der Waals surface area contributed by atoms with Crippen LogP contribution in [0.2, 0.25) is 5.02 Å². The van der Waals surface area contributed by atoms with Crippen LogP contribution in [-0.2, 0) is 9.59 Å². The largest absolute Gasteiger partial charge is 0.343 e. The number of amides is 2. The molecule has 0 aromatic heterocycles. The van der Waals surface area contributed by atoms with Crippen LogP contribution in [0.4, 0.5) is 5.69 Å². The maximum Gasteiger partial charge on any atom is 0.224 e. The number of benzene rings is 1. The van der Waals surface area contributed by atoms with Crippen LogP contribution in [0, 0.1) is 6.92 Å². The number of piperidine rings is 1. The van der Waals surface area contributed by atoms with Gasteiger partial charge in [-0.2, -0.15) is 0 Å². The van der Waals surface area contributed by atoms with Crippen molar-refractivity contribution in [1.82, 2.24) is 4.90 Å². The molecule has 0 spiro atoms. The Bertz CT molecular complexity index is 554. The van der Waals surface area contributed by atoms with Gasteiger partial charge in [-0.25, -0.2) is 0 Å². The van der Waals surface area contributed by atoms with Crippen LogP contribution in [0.25, 0.3) is 0 Å². The van der Waals surface area contributed by atoms with E-state index in [-0.39, 0.29) is 11.8 Å². The van der Waals surface area contributed by atoms with Crippen LogP contribution in [0.15, 0.2) is 18.2 Å². The van der Waals surface area contributed by atoms with Gasteiger partial charge in [-0.1, -0.05) is 17.7 Å². The molecule has 2 amide bonds. The Balaban J connectivity index is 2.04. The first kappa shape index (κ1) is 16.8. The van der Waals surface area contributed by atoms with Gasteiger partial charge in [0.1, 0.15) is 0 Å². The van der Waals surface area contributed by atoms with Gasteiger partial charge in [-0.05, 0) is 43.9 Å².